The van der Waals surface area contributed by atoms with Crippen molar-refractivity contribution < 1.29 is 10.0 Å². The van der Waals surface area contributed by atoms with E-state index >= 15 is 0 Å². The minimum atomic E-state index is -0.508. The van der Waals surface area contributed by atoms with Gasteiger partial charge in [0.15, 0.2) is 0 Å². The van der Waals surface area contributed by atoms with Gasteiger partial charge in [0.25, 0.3) is 5.91 Å². The van der Waals surface area contributed by atoms with Gasteiger partial charge in [-0.25, -0.2) is 5.48 Å². The fraction of sp³-hybridized carbons (Fsp3) is 0.500. The van der Waals surface area contributed by atoms with E-state index in [4.69, 9.17) is 5.21 Å². The van der Waals surface area contributed by atoms with E-state index in [2.05, 4.69) is 17.0 Å². The van der Waals surface area contributed by atoms with Crippen LogP contribution in [0.2, 0.25) is 0 Å². The number of hydrogen-bond acceptors (Lipinski definition) is 3. The summed E-state index contributed by atoms with van der Waals surface area (Å²) in [5.74, 6) is 0.409. The van der Waals surface area contributed by atoms with E-state index in [1.165, 1.54) is 56.8 Å². The minimum absolute atomic E-state index is 0.508. The SMILES string of the molecule is O=C(/C=C/c1ccc(C2CCCN2CC2CCC2)cc1)NO. The zero-order valence-electron chi connectivity index (χ0n) is 12.9. The third kappa shape index (κ3) is 3.57. The Hall–Kier alpha value is -1.65. The lowest BCUT2D eigenvalue weighted by Gasteiger charge is -2.33. The van der Waals surface area contributed by atoms with Crippen molar-refractivity contribution in [3.05, 3.63) is 41.5 Å². The summed E-state index contributed by atoms with van der Waals surface area (Å²) in [6.07, 6.45) is 9.78. The van der Waals surface area contributed by atoms with Crippen LogP contribution in [0.15, 0.2) is 30.3 Å². The largest absolute Gasteiger partial charge is 0.296 e. The van der Waals surface area contributed by atoms with Gasteiger partial charge in [0.2, 0.25) is 0 Å². The highest BCUT2D eigenvalue weighted by molar-refractivity contribution is 5.90. The van der Waals surface area contributed by atoms with Crippen LogP contribution in [-0.2, 0) is 4.79 Å². The summed E-state index contributed by atoms with van der Waals surface area (Å²) in [4.78, 5) is 13.6. The topological polar surface area (TPSA) is 52.6 Å². The number of benzene rings is 1. The molecule has 1 heterocycles. The first-order valence-corrected chi connectivity index (χ1v) is 8.22. The Morgan fingerprint density at radius 2 is 2.00 bits per heavy atom. The molecule has 2 fully saturated rings. The zero-order valence-corrected chi connectivity index (χ0v) is 12.9. The van der Waals surface area contributed by atoms with E-state index in [0.29, 0.717) is 6.04 Å². The number of nitrogens with one attached hydrogen (secondary N) is 1. The van der Waals surface area contributed by atoms with Gasteiger partial charge in [0.1, 0.15) is 0 Å². The fourth-order valence-electron chi connectivity index (χ4n) is 3.47. The van der Waals surface area contributed by atoms with Crippen molar-refractivity contribution in [1.82, 2.24) is 10.4 Å². The molecule has 0 bridgehead atoms. The molecule has 1 saturated carbocycles. The van der Waals surface area contributed by atoms with Crippen molar-refractivity contribution in [3.8, 4) is 0 Å². The van der Waals surface area contributed by atoms with Crippen LogP contribution in [-0.4, -0.2) is 29.1 Å². The monoisotopic (exact) mass is 300 g/mol. The van der Waals surface area contributed by atoms with E-state index in [1.807, 2.05) is 12.1 Å². The third-order valence-corrected chi connectivity index (χ3v) is 4.94. The maximum absolute atomic E-state index is 11.0. The van der Waals surface area contributed by atoms with Gasteiger partial charge in [0.05, 0.1) is 0 Å². The fourth-order valence-corrected chi connectivity index (χ4v) is 3.47. The zero-order chi connectivity index (χ0) is 15.4. The molecular formula is C18H24N2O2. The quantitative estimate of drug-likeness (QED) is 0.499. The highest BCUT2D eigenvalue weighted by atomic mass is 16.5. The van der Waals surface area contributed by atoms with Crippen LogP contribution < -0.4 is 5.48 Å². The predicted molar refractivity (Wildman–Crippen MR) is 86.3 cm³/mol. The number of carbonyl (C=O) groups is 1. The molecule has 1 aromatic carbocycles. The summed E-state index contributed by atoms with van der Waals surface area (Å²) in [5, 5.41) is 8.47. The van der Waals surface area contributed by atoms with Crippen molar-refractivity contribution >= 4 is 12.0 Å². The molecule has 0 spiro atoms. The van der Waals surface area contributed by atoms with Gasteiger partial charge in [0, 0.05) is 18.7 Å². The average molecular weight is 300 g/mol. The molecule has 2 N–H and O–H groups in total. The van der Waals surface area contributed by atoms with Crippen LogP contribution in [0.1, 0.15) is 49.3 Å². The number of hydroxylamine groups is 1. The lowest BCUT2D eigenvalue weighted by molar-refractivity contribution is -0.124. The summed E-state index contributed by atoms with van der Waals surface area (Å²) in [7, 11) is 0. The van der Waals surface area contributed by atoms with Crippen molar-refractivity contribution in [3.63, 3.8) is 0 Å². The Kier molecular flexibility index (Phi) is 4.90. The molecule has 1 aliphatic heterocycles. The Labute approximate surface area is 131 Å². The van der Waals surface area contributed by atoms with Crippen LogP contribution in [0.5, 0.6) is 0 Å². The standard InChI is InChI=1S/C18H24N2O2/c21-18(19-22)11-8-14-6-9-16(10-7-14)17-5-2-12-20(17)13-15-3-1-4-15/h6-11,15,17,22H,1-5,12-13H2,(H,19,21)/b11-8+. The molecule has 0 aromatic heterocycles. The van der Waals surface area contributed by atoms with Crippen LogP contribution in [0.4, 0.5) is 0 Å². The van der Waals surface area contributed by atoms with Crippen molar-refractivity contribution in [1.29, 1.82) is 0 Å². The lowest BCUT2D eigenvalue weighted by Crippen LogP contribution is -2.32. The molecular weight excluding hydrogens is 276 g/mol. The maximum atomic E-state index is 11.0. The molecule has 1 amide bonds. The predicted octanol–water partition coefficient (Wildman–Crippen LogP) is 3.14. The van der Waals surface area contributed by atoms with Crippen LogP contribution in [0.3, 0.4) is 0 Å². The van der Waals surface area contributed by atoms with Gasteiger partial charge in [-0.05, 0) is 55.3 Å². The molecule has 4 heteroatoms. The molecule has 2 aliphatic rings. The van der Waals surface area contributed by atoms with Crippen molar-refractivity contribution in [2.75, 3.05) is 13.1 Å². The van der Waals surface area contributed by atoms with Crippen molar-refractivity contribution in [2.45, 2.75) is 38.1 Å². The number of amides is 1. The van der Waals surface area contributed by atoms with Gasteiger partial charge >= 0.3 is 0 Å². The van der Waals surface area contributed by atoms with E-state index in [9.17, 15) is 4.79 Å². The van der Waals surface area contributed by atoms with E-state index in [0.717, 1.165) is 11.5 Å². The molecule has 1 atom stereocenters. The average Bonchev–Trinajstić information content (AvgIpc) is 2.97. The number of hydrogen-bond donors (Lipinski definition) is 2. The van der Waals surface area contributed by atoms with Gasteiger partial charge in [-0.2, -0.15) is 0 Å². The molecule has 1 unspecified atom stereocenters. The Balaban J connectivity index is 1.63. The smallest absolute Gasteiger partial charge is 0.267 e. The van der Waals surface area contributed by atoms with E-state index in [-0.39, 0.29) is 0 Å². The summed E-state index contributed by atoms with van der Waals surface area (Å²) >= 11 is 0. The second-order valence-electron chi connectivity index (χ2n) is 6.43. The van der Waals surface area contributed by atoms with Crippen LogP contribution in [0, 0.1) is 5.92 Å². The highest BCUT2D eigenvalue weighted by Gasteiger charge is 2.29. The summed E-state index contributed by atoms with van der Waals surface area (Å²) in [6, 6.07) is 8.96. The van der Waals surface area contributed by atoms with Gasteiger partial charge < -0.3 is 0 Å². The van der Waals surface area contributed by atoms with Crippen molar-refractivity contribution in [2.24, 2.45) is 5.92 Å². The number of carbonyl (C=O) groups excluding carboxylic acids is 1. The second kappa shape index (κ2) is 7.07. The third-order valence-electron chi connectivity index (χ3n) is 4.94. The number of likely N-dealkylation sites (tertiary alicyclic amines) is 1. The molecule has 1 aliphatic carbocycles. The Bertz CT molecular complexity index is 535. The molecule has 4 nitrogen and oxygen atoms in total. The minimum Gasteiger partial charge on any atom is -0.296 e. The van der Waals surface area contributed by atoms with Gasteiger partial charge in [-0.15, -0.1) is 0 Å². The van der Waals surface area contributed by atoms with E-state index in [1.54, 1.807) is 11.6 Å². The summed E-state index contributed by atoms with van der Waals surface area (Å²) in [5.41, 5.74) is 3.94. The van der Waals surface area contributed by atoms with Crippen LogP contribution >= 0.6 is 0 Å². The van der Waals surface area contributed by atoms with Gasteiger partial charge in [-0.1, -0.05) is 30.7 Å². The first-order valence-electron chi connectivity index (χ1n) is 8.22. The van der Waals surface area contributed by atoms with Gasteiger partial charge in [-0.3, -0.25) is 14.9 Å². The lowest BCUT2D eigenvalue weighted by atomic mass is 9.85. The van der Waals surface area contributed by atoms with E-state index < -0.39 is 5.91 Å². The normalized spacial score (nSPS) is 22.9. The molecule has 0 radical (unpaired) electrons. The molecule has 118 valence electrons. The summed E-state index contributed by atoms with van der Waals surface area (Å²) < 4.78 is 0. The number of nitrogens with zero attached hydrogens (tertiary/aromatic N) is 1. The maximum Gasteiger partial charge on any atom is 0.267 e. The second-order valence-corrected chi connectivity index (χ2v) is 6.43. The molecule has 3 rings (SSSR count). The number of rotatable bonds is 5. The first-order chi connectivity index (χ1) is 10.8. The first kappa shape index (κ1) is 15.3. The Morgan fingerprint density at radius 1 is 1.23 bits per heavy atom. The Morgan fingerprint density at radius 3 is 2.64 bits per heavy atom. The summed E-state index contributed by atoms with van der Waals surface area (Å²) in [6.45, 7) is 2.47. The molecule has 1 saturated heterocycles. The molecule has 1 aromatic rings. The van der Waals surface area contributed by atoms with Crippen LogP contribution in [0.25, 0.3) is 6.08 Å². The highest BCUT2D eigenvalue weighted by Crippen LogP contribution is 2.36. The molecule has 22 heavy (non-hydrogen) atoms.